The van der Waals surface area contributed by atoms with E-state index in [2.05, 4.69) is 47.4 Å². The lowest BCUT2D eigenvalue weighted by Gasteiger charge is -1.99. The highest BCUT2D eigenvalue weighted by molar-refractivity contribution is 9.13. The van der Waals surface area contributed by atoms with Crippen LogP contribution in [0.3, 0.4) is 0 Å². The monoisotopic (exact) mass is 309 g/mol. The standard InChI is InChI=1S/C7H9Br2N3O/c1-2-3-10-7(13)5-4(8)6(9)12-11-5/h2-3H2,1H3,(H,10,13)(H,11,12). The second kappa shape index (κ2) is 4.76. The first-order valence-electron chi connectivity index (χ1n) is 3.84. The first kappa shape index (κ1) is 10.7. The van der Waals surface area contributed by atoms with E-state index < -0.39 is 0 Å². The number of hydrogen-bond donors (Lipinski definition) is 2. The molecule has 1 aromatic rings. The molecule has 0 aliphatic rings. The van der Waals surface area contributed by atoms with Crippen LogP contribution >= 0.6 is 31.9 Å². The van der Waals surface area contributed by atoms with Crippen LogP contribution in [-0.4, -0.2) is 22.6 Å². The van der Waals surface area contributed by atoms with E-state index in [1.54, 1.807) is 0 Å². The Hall–Kier alpha value is -0.360. The highest BCUT2D eigenvalue weighted by Crippen LogP contribution is 2.23. The van der Waals surface area contributed by atoms with Crippen molar-refractivity contribution in [1.82, 2.24) is 15.5 Å². The third-order valence-electron chi connectivity index (χ3n) is 1.42. The lowest BCUT2D eigenvalue weighted by atomic mass is 10.4. The average Bonchev–Trinajstić information content (AvgIpc) is 2.44. The molecule has 13 heavy (non-hydrogen) atoms. The maximum atomic E-state index is 11.4. The fourth-order valence-electron chi connectivity index (χ4n) is 0.780. The molecule has 2 N–H and O–H groups in total. The van der Waals surface area contributed by atoms with E-state index >= 15 is 0 Å². The minimum absolute atomic E-state index is 0.171. The average molecular weight is 311 g/mol. The van der Waals surface area contributed by atoms with Gasteiger partial charge in [0.25, 0.3) is 5.91 Å². The summed E-state index contributed by atoms with van der Waals surface area (Å²) in [5.74, 6) is -0.171. The summed E-state index contributed by atoms with van der Waals surface area (Å²) in [7, 11) is 0. The van der Waals surface area contributed by atoms with Gasteiger partial charge in [0.1, 0.15) is 4.60 Å². The molecule has 0 unspecified atom stereocenters. The molecule has 0 aromatic carbocycles. The zero-order valence-corrected chi connectivity index (χ0v) is 10.2. The van der Waals surface area contributed by atoms with Crippen LogP contribution < -0.4 is 5.32 Å². The molecular formula is C7H9Br2N3O. The van der Waals surface area contributed by atoms with Crippen molar-refractivity contribution in [2.24, 2.45) is 0 Å². The van der Waals surface area contributed by atoms with Gasteiger partial charge < -0.3 is 5.32 Å². The van der Waals surface area contributed by atoms with E-state index in [-0.39, 0.29) is 5.91 Å². The van der Waals surface area contributed by atoms with Gasteiger partial charge in [-0.2, -0.15) is 5.10 Å². The topological polar surface area (TPSA) is 57.8 Å². The Labute approximate surface area is 92.7 Å². The van der Waals surface area contributed by atoms with Gasteiger partial charge in [-0.3, -0.25) is 9.89 Å². The summed E-state index contributed by atoms with van der Waals surface area (Å²) in [5.41, 5.74) is 0.375. The molecule has 0 aliphatic carbocycles. The predicted molar refractivity (Wildman–Crippen MR) is 56.6 cm³/mol. The Kier molecular flexibility index (Phi) is 3.92. The Balaban J connectivity index is 2.71. The van der Waals surface area contributed by atoms with Crippen LogP contribution in [0.15, 0.2) is 9.08 Å². The second-order valence-electron chi connectivity index (χ2n) is 2.46. The number of nitrogens with one attached hydrogen (secondary N) is 2. The molecule has 1 heterocycles. The van der Waals surface area contributed by atoms with Crippen molar-refractivity contribution in [2.75, 3.05) is 6.54 Å². The summed E-state index contributed by atoms with van der Waals surface area (Å²) >= 11 is 6.45. The lowest BCUT2D eigenvalue weighted by Crippen LogP contribution is -2.24. The van der Waals surface area contributed by atoms with Crippen LogP contribution in [0.25, 0.3) is 0 Å². The summed E-state index contributed by atoms with van der Waals surface area (Å²) < 4.78 is 1.33. The number of carbonyl (C=O) groups excluding carboxylic acids is 1. The molecule has 0 radical (unpaired) electrons. The molecule has 0 saturated heterocycles. The maximum Gasteiger partial charge on any atom is 0.273 e. The quantitative estimate of drug-likeness (QED) is 0.898. The van der Waals surface area contributed by atoms with Crippen LogP contribution in [0, 0.1) is 0 Å². The molecule has 72 valence electrons. The van der Waals surface area contributed by atoms with Gasteiger partial charge in [0.2, 0.25) is 0 Å². The first-order valence-corrected chi connectivity index (χ1v) is 5.43. The van der Waals surface area contributed by atoms with Crippen LogP contribution in [-0.2, 0) is 0 Å². The SMILES string of the molecule is CCCNC(=O)c1n[nH]c(Br)c1Br. The Morgan fingerprint density at radius 1 is 1.62 bits per heavy atom. The van der Waals surface area contributed by atoms with Crippen LogP contribution in [0.1, 0.15) is 23.8 Å². The molecule has 4 nitrogen and oxygen atoms in total. The largest absolute Gasteiger partial charge is 0.351 e. The van der Waals surface area contributed by atoms with Gasteiger partial charge in [-0.25, -0.2) is 0 Å². The van der Waals surface area contributed by atoms with Crippen molar-refractivity contribution in [1.29, 1.82) is 0 Å². The molecule has 0 aliphatic heterocycles. The van der Waals surface area contributed by atoms with Gasteiger partial charge in [-0.1, -0.05) is 6.92 Å². The van der Waals surface area contributed by atoms with Crippen molar-refractivity contribution in [3.05, 3.63) is 14.8 Å². The smallest absolute Gasteiger partial charge is 0.273 e. The number of aromatic nitrogens is 2. The minimum atomic E-state index is -0.171. The van der Waals surface area contributed by atoms with E-state index in [1.807, 2.05) is 6.92 Å². The predicted octanol–water partition coefficient (Wildman–Crippen LogP) is 2.07. The zero-order valence-electron chi connectivity index (χ0n) is 7.03. The molecule has 0 saturated carbocycles. The molecule has 0 bridgehead atoms. The van der Waals surface area contributed by atoms with Crippen molar-refractivity contribution in [3.63, 3.8) is 0 Å². The molecule has 1 rings (SSSR count). The highest BCUT2D eigenvalue weighted by atomic mass is 79.9. The molecule has 1 amide bonds. The Bertz CT molecular complexity index is 311. The number of nitrogens with zero attached hydrogens (tertiary/aromatic N) is 1. The fraction of sp³-hybridized carbons (Fsp3) is 0.429. The normalized spacial score (nSPS) is 10.1. The van der Waals surface area contributed by atoms with E-state index in [9.17, 15) is 4.79 Å². The van der Waals surface area contributed by atoms with Crippen LogP contribution in [0.2, 0.25) is 0 Å². The van der Waals surface area contributed by atoms with Gasteiger partial charge in [-0.05, 0) is 38.3 Å². The van der Waals surface area contributed by atoms with Crippen LogP contribution in [0.4, 0.5) is 0 Å². The van der Waals surface area contributed by atoms with Gasteiger partial charge in [0.05, 0.1) is 4.47 Å². The third kappa shape index (κ3) is 2.54. The van der Waals surface area contributed by atoms with Crippen molar-refractivity contribution in [2.45, 2.75) is 13.3 Å². The Morgan fingerprint density at radius 3 is 2.77 bits per heavy atom. The van der Waals surface area contributed by atoms with E-state index in [0.29, 0.717) is 21.3 Å². The fourth-order valence-corrected chi connectivity index (χ4v) is 1.41. The van der Waals surface area contributed by atoms with Gasteiger partial charge in [-0.15, -0.1) is 0 Å². The summed E-state index contributed by atoms with van der Waals surface area (Å²) in [5, 5.41) is 9.22. The van der Waals surface area contributed by atoms with Gasteiger partial charge >= 0.3 is 0 Å². The number of rotatable bonds is 3. The lowest BCUT2D eigenvalue weighted by molar-refractivity contribution is 0.0948. The number of carbonyl (C=O) groups is 1. The van der Waals surface area contributed by atoms with E-state index in [4.69, 9.17) is 0 Å². The summed E-state index contributed by atoms with van der Waals surface area (Å²) in [6.07, 6.45) is 0.912. The number of aromatic amines is 1. The zero-order chi connectivity index (χ0) is 9.84. The maximum absolute atomic E-state index is 11.4. The molecule has 1 aromatic heterocycles. The summed E-state index contributed by atoms with van der Waals surface area (Å²) in [6, 6.07) is 0. The number of hydrogen-bond acceptors (Lipinski definition) is 2. The number of amides is 1. The van der Waals surface area contributed by atoms with Gasteiger partial charge in [0.15, 0.2) is 5.69 Å². The third-order valence-corrected chi connectivity index (χ3v) is 3.30. The van der Waals surface area contributed by atoms with Crippen molar-refractivity contribution >= 4 is 37.8 Å². The molecule has 0 spiro atoms. The first-order chi connectivity index (χ1) is 6.16. The molecule has 6 heteroatoms. The summed E-state index contributed by atoms with van der Waals surface area (Å²) in [6.45, 7) is 2.66. The molecule has 0 atom stereocenters. The molecular weight excluding hydrogens is 302 g/mol. The minimum Gasteiger partial charge on any atom is -0.351 e. The number of H-pyrrole nitrogens is 1. The highest BCUT2D eigenvalue weighted by Gasteiger charge is 2.15. The van der Waals surface area contributed by atoms with E-state index in [1.165, 1.54) is 0 Å². The number of halogens is 2. The van der Waals surface area contributed by atoms with Crippen molar-refractivity contribution < 1.29 is 4.79 Å². The second-order valence-corrected chi connectivity index (χ2v) is 4.04. The van der Waals surface area contributed by atoms with E-state index in [0.717, 1.165) is 6.42 Å². The molecule has 0 fully saturated rings. The van der Waals surface area contributed by atoms with Gasteiger partial charge in [0, 0.05) is 6.54 Å². The Morgan fingerprint density at radius 2 is 2.31 bits per heavy atom. The van der Waals surface area contributed by atoms with Crippen LogP contribution in [0.5, 0.6) is 0 Å². The summed E-state index contributed by atoms with van der Waals surface area (Å²) in [4.78, 5) is 11.4. The van der Waals surface area contributed by atoms with Crippen molar-refractivity contribution in [3.8, 4) is 0 Å².